The number of pyridine rings is 1. The van der Waals surface area contributed by atoms with Crippen molar-refractivity contribution in [2.24, 2.45) is 5.92 Å². The average Bonchev–Trinajstić information content (AvgIpc) is 3.54. The third-order valence-corrected chi connectivity index (χ3v) is 6.07. The molecule has 31 heavy (non-hydrogen) atoms. The second-order valence-electron chi connectivity index (χ2n) is 8.33. The Balaban J connectivity index is 1.77. The van der Waals surface area contributed by atoms with Gasteiger partial charge in [0.25, 0.3) is 17.4 Å². The van der Waals surface area contributed by atoms with Crippen molar-refractivity contribution in [3.05, 3.63) is 61.8 Å². The van der Waals surface area contributed by atoms with Gasteiger partial charge in [-0.15, -0.1) is 0 Å². The zero-order chi connectivity index (χ0) is 22.4. The molecule has 0 saturated heterocycles. The highest BCUT2D eigenvalue weighted by Gasteiger charge is 2.36. The van der Waals surface area contributed by atoms with Crippen LogP contribution in [0.3, 0.4) is 0 Å². The summed E-state index contributed by atoms with van der Waals surface area (Å²) < 4.78 is 14.8. The normalized spacial score (nSPS) is 15.7. The Morgan fingerprint density at radius 1 is 1.29 bits per heavy atom. The molecule has 2 aromatic rings. The van der Waals surface area contributed by atoms with E-state index in [0.29, 0.717) is 30.0 Å². The molecular formula is C22H23ClFN3O4. The minimum Gasteiger partial charge on any atom is -0.502 e. The first-order valence-corrected chi connectivity index (χ1v) is 10.5. The number of hydrogen-bond donors (Lipinski definition) is 1. The van der Waals surface area contributed by atoms with Crippen LogP contribution in [0, 0.1) is 11.7 Å². The van der Waals surface area contributed by atoms with Crippen molar-refractivity contribution in [3.63, 3.8) is 0 Å². The number of carbonyl (C=O) groups excluding carboxylic acids is 2. The summed E-state index contributed by atoms with van der Waals surface area (Å²) in [7, 11) is 3.17. The highest BCUT2D eigenvalue weighted by Crippen LogP contribution is 2.34. The van der Waals surface area contributed by atoms with Gasteiger partial charge in [0.1, 0.15) is 11.5 Å². The van der Waals surface area contributed by atoms with E-state index in [1.807, 2.05) is 0 Å². The quantitative estimate of drug-likeness (QED) is 0.763. The van der Waals surface area contributed by atoms with Crippen molar-refractivity contribution in [3.8, 4) is 5.75 Å². The molecule has 1 aromatic heterocycles. The van der Waals surface area contributed by atoms with Gasteiger partial charge in [0.2, 0.25) is 0 Å². The third kappa shape index (κ3) is 3.92. The Kier molecular flexibility index (Phi) is 5.51. The van der Waals surface area contributed by atoms with Crippen molar-refractivity contribution < 1.29 is 19.1 Å². The van der Waals surface area contributed by atoms with Crippen LogP contribution in [-0.2, 0) is 19.5 Å². The van der Waals surface area contributed by atoms with Gasteiger partial charge in [-0.1, -0.05) is 17.7 Å². The molecule has 9 heteroatoms. The number of hydrogen-bond acceptors (Lipinski definition) is 4. The third-order valence-electron chi connectivity index (χ3n) is 5.78. The predicted molar refractivity (Wildman–Crippen MR) is 113 cm³/mol. The molecule has 1 aromatic carbocycles. The summed E-state index contributed by atoms with van der Waals surface area (Å²) in [4.78, 5) is 42.0. The van der Waals surface area contributed by atoms with Crippen LogP contribution >= 0.6 is 11.6 Å². The molecule has 0 atom stereocenters. The molecule has 0 unspecified atom stereocenters. The number of carbonyl (C=O) groups is 2. The van der Waals surface area contributed by atoms with E-state index in [9.17, 15) is 23.9 Å². The summed E-state index contributed by atoms with van der Waals surface area (Å²) >= 11 is 5.84. The monoisotopic (exact) mass is 447 g/mol. The number of amides is 2. The summed E-state index contributed by atoms with van der Waals surface area (Å²) in [5, 5.41) is 10.6. The molecule has 7 nitrogen and oxygen atoms in total. The Bertz CT molecular complexity index is 1140. The summed E-state index contributed by atoms with van der Waals surface area (Å²) in [6, 6.07) is 4.19. The van der Waals surface area contributed by atoms with Crippen LogP contribution in [-0.4, -0.2) is 51.9 Å². The van der Waals surface area contributed by atoms with E-state index in [4.69, 9.17) is 11.6 Å². The minimum atomic E-state index is -0.726. The molecule has 2 heterocycles. The van der Waals surface area contributed by atoms with Gasteiger partial charge < -0.3 is 19.5 Å². The summed E-state index contributed by atoms with van der Waals surface area (Å²) in [5.41, 5.74) is 0.342. The summed E-state index contributed by atoms with van der Waals surface area (Å²) in [5.74, 6) is -1.80. The maximum atomic E-state index is 13.4. The number of benzene rings is 1. The first-order valence-electron chi connectivity index (χ1n) is 10.1. The van der Waals surface area contributed by atoms with E-state index < -0.39 is 23.0 Å². The molecule has 0 spiro atoms. The maximum Gasteiger partial charge on any atom is 0.294 e. The lowest BCUT2D eigenvalue weighted by atomic mass is 9.95. The van der Waals surface area contributed by atoms with E-state index in [-0.39, 0.29) is 35.3 Å². The average molecular weight is 448 g/mol. The lowest BCUT2D eigenvalue weighted by Gasteiger charge is -2.31. The smallest absolute Gasteiger partial charge is 0.294 e. The molecule has 1 aliphatic heterocycles. The van der Waals surface area contributed by atoms with Crippen LogP contribution in [0.15, 0.2) is 23.0 Å². The number of aromatic nitrogens is 1. The van der Waals surface area contributed by atoms with Crippen molar-refractivity contribution in [1.29, 1.82) is 0 Å². The van der Waals surface area contributed by atoms with Gasteiger partial charge in [0.05, 0.1) is 10.6 Å². The molecule has 4 rings (SSSR count). The lowest BCUT2D eigenvalue weighted by molar-refractivity contribution is 0.0719. The van der Waals surface area contributed by atoms with Gasteiger partial charge >= 0.3 is 0 Å². The van der Waals surface area contributed by atoms with Gasteiger partial charge in [-0.3, -0.25) is 14.4 Å². The topological polar surface area (TPSA) is 82.9 Å². The van der Waals surface area contributed by atoms with Crippen LogP contribution < -0.4 is 5.56 Å². The Hall–Kier alpha value is -2.87. The van der Waals surface area contributed by atoms with Crippen LogP contribution in [0.1, 0.15) is 44.8 Å². The largest absolute Gasteiger partial charge is 0.502 e. The zero-order valence-corrected chi connectivity index (χ0v) is 18.1. The molecule has 1 aliphatic carbocycles. The molecule has 1 N–H and O–H groups in total. The van der Waals surface area contributed by atoms with Crippen molar-refractivity contribution in [2.45, 2.75) is 32.4 Å². The Morgan fingerprint density at radius 3 is 2.61 bits per heavy atom. The van der Waals surface area contributed by atoms with Crippen molar-refractivity contribution >= 4 is 23.4 Å². The molecule has 2 aliphatic rings. The molecule has 0 bridgehead atoms. The summed E-state index contributed by atoms with van der Waals surface area (Å²) in [6.45, 7) is 0.774. The van der Waals surface area contributed by atoms with E-state index in [1.165, 1.54) is 32.6 Å². The van der Waals surface area contributed by atoms with Crippen molar-refractivity contribution in [1.82, 2.24) is 14.4 Å². The van der Waals surface area contributed by atoms with Gasteiger partial charge in [-0.25, -0.2) is 4.39 Å². The summed E-state index contributed by atoms with van der Waals surface area (Å²) in [6.07, 6.45) is 2.24. The molecule has 1 fully saturated rings. The minimum absolute atomic E-state index is 0.0490. The number of fused-ring (bicyclic) bond motifs is 1. The Labute approximate surface area is 183 Å². The van der Waals surface area contributed by atoms with Gasteiger partial charge in [0.15, 0.2) is 5.75 Å². The van der Waals surface area contributed by atoms with Crippen LogP contribution in [0.5, 0.6) is 5.75 Å². The zero-order valence-electron chi connectivity index (χ0n) is 17.3. The first-order chi connectivity index (χ1) is 14.7. The first kappa shape index (κ1) is 21.4. The fourth-order valence-electron chi connectivity index (χ4n) is 3.94. The number of halogens is 2. The fraction of sp³-hybridized carbons (Fsp3) is 0.409. The maximum absolute atomic E-state index is 13.4. The van der Waals surface area contributed by atoms with Crippen LogP contribution in [0.25, 0.3) is 0 Å². The Morgan fingerprint density at radius 2 is 2.00 bits per heavy atom. The number of nitrogens with zero attached hydrogens (tertiary/aromatic N) is 3. The van der Waals surface area contributed by atoms with E-state index >= 15 is 0 Å². The predicted octanol–water partition coefficient (Wildman–Crippen LogP) is 2.66. The van der Waals surface area contributed by atoms with Gasteiger partial charge in [-0.05, 0) is 42.9 Å². The SMILES string of the molecule is CN(C)C(=O)c1c2c(c(O)c(=O)n1CC1CC1)C(=O)N(Cc1ccc(F)c(Cl)c1)CC2. The van der Waals surface area contributed by atoms with Gasteiger partial charge in [-0.2, -0.15) is 0 Å². The van der Waals surface area contributed by atoms with Gasteiger partial charge in [0, 0.05) is 39.3 Å². The highest BCUT2D eigenvalue weighted by atomic mass is 35.5. The second-order valence-corrected chi connectivity index (χ2v) is 8.74. The molecule has 164 valence electrons. The van der Waals surface area contributed by atoms with E-state index in [1.54, 1.807) is 14.1 Å². The molecule has 2 amide bonds. The fourth-order valence-corrected chi connectivity index (χ4v) is 4.14. The standard InChI is InChI=1S/C22H23ClFN3O4/c1-25(2)21(30)18-14-7-8-26(10-13-5-6-16(24)15(23)9-13)20(29)17(14)19(28)22(31)27(18)11-12-3-4-12/h5-6,9,12,28H,3-4,7-8,10-11H2,1-2H3. The highest BCUT2D eigenvalue weighted by molar-refractivity contribution is 6.30. The molecule has 1 saturated carbocycles. The van der Waals surface area contributed by atoms with Crippen molar-refractivity contribution in [2.75, 3.05) is 20.6 Å². The van der Waals surface area contributed by atoms with E-state index in [2.05, 4.69) is 0 Å². The molecular weight excluding hydrogens is 425 g/mol. The number of rotatable bonds is 5. The lowest BCUT2D eigenvalue weighted by Crippen LogP contribution is -2.42. The van der Waals surface area contributed by atoms with Crippen LogP contribution in [0.4, 0.5) is 4.39 Å². The second kappa shape index (κ2) is 8.00. The number of aromatic hydroxyl groups is 1. The van der Waals surface area contributed by atoms with E-state index in [0.717, 1.165) is 12.8 Å². The van der Waals surface area contributed by atoms with Crippen LogP contribution in [0.2, 0.25) is 5.02 Å². The molecule has 0 radical (unpaired) electrons.